The van der Waals surface area contributed by atoms with E-state index in [4.69, 9.17) is 9.47 Å². The van der Waals surface area contributed by atoms with Crippen LogP contribution in [0.2, 0.25) is 0 Å². The monoisotopic (exact) mass is 777 g/mol. The largest absolute Gasteiger partial charge is 0.462 e. The Morgan fingerprint density at radius 1 is 0.429 bits per heavy atom. The topological polar surface area (TPSA) is 72.8 Å². The normalized spacial score (nSPS) is 13.1. The van der Waals surface area contributed by atoms with Gasteiger partial charge in [0.15, 0.2) is 6.10 Å². The van der Waals surface area contributed by atoms with Gasteiger partial charge in [-0.05, 0) is 83.5 Å². The molecule has 0 saturated heterocycles. The molecular weight excluding hydrogens is 693 g/mol. The molecule has 0 aliphatic rings. The minimum atomic E-state index is -0.834. The lowest BCUT2D eigenvalue weighted by atomic mass is 10.0. The SMILES string of the molecule is CC/C=C/C/C=C/C/C=C/C/C=C/C/C=C/C/C=C/CCC(=O)O[C@@H](CO)COC(=O)CCC/C=C/CC/C=C/CCCCCCCCCCCCCCCC. The van der Waals surface area contributed by atoms with Crippen LogP contribution in [0.4, 0.5) is 0 Å². The van der Waals surface area contributed by atoms with Gasteiger partial charge in [-0.2, -0.15) is 0 Å². The molecule has 0 aromatic rings. The Morgan fingerprint density at radius 3 is 1.29 bits per heavy atom. The number of rotatable bonds is 40. The van der Waals surface area contributed by atoms with Gasteiger partial charge in [0.2, 0.25) is 0 Å². The highest BCUT2D eigenvalue weighted by atomic mass is 16.6. The average molecular weight is 777 g/mol. The highest BCUT2D eigenvalue weighted by molar-refractivity contribution is 5.70. The Hall–Kier alpha value is -3.18. The summed E-state index contributed by atoms with van der Waals surface area (Å²) < 4.78 is 10.5. The molecule has 1 N–H and O–H groups in total. The third-order valence-electron chi connectivity index (χ3n) is 9.35. The fourth-order valence-electron chi connectivity index (χ4n) is 5.95. The number of esters is 2. The van der Waals surface area contributed by atoms with Crippen molar-refractivity contribution in [3.63, 3.8) is 0 Å². The van der Waals surface area contributed by atoms with Gasteiger partial charge in [0.25, 0.3) is 0 Å². The second-order valence-electron chi connectivity index (χ2n) is 14.7. The summed E-state index contributed by atoms with van der Waals surface area (Å²) in [6.07, 6.45) is 65.1. The first-order valence-corrected chi connectivity index (χ1v) is 22.8. The Morgan fingerprint density at radius 2 is 0.821 bits per heavy atom. The standard InChI is InChI=1S/C51H84O5/c1-3-5-7-9-11-13-15-17-19-21-23-24-25-26-28-29-31-33-35-37-39-41-43-45-50(53)55-48-49(47-52)56-51(54)46-44-42-40-38-36-34-32-30-27-22-20-18-16-14-12-10-8-6-4-2/h6,8,12,14,18,20,27,29-31,34,36-37,39-40,42,49,52H,3-5,7,9-11,13,15-17,19,21-26,28,32-33,35,38,41,43-48H2,1-2H3/b8-6+,14-12+,20-18+,30-27+,31-29+,36-34+,39-37+,42-40+/t49-/m0/s1. The molecular formula is C51H84O5. The summed E-state index contributed by atoms with van der Waals surface area (Å²) in [5.74, 6) is -0.744. The van der Waals surface area contributed by atoms with E-state index in [0.29, 0.717) is 19.3 Å². The minimum Gasteiger partial charge on any atom is -0.462 e. The summed E-state index contributed by atoms with van der Waals surface area (Å²) in [6.45, 7) is 3.93. The lowest BCUT2D eigenvalue weighted by molar-refractivity contribution is -0.161. The van der Waals surface area contributed by atoms with Gasteiger partial charge in [-0.25, -0.2) is 0 Å². The van der Waals surface area contributed by atoms with Crippen molar-refractivity contribution in [1.82, 2.24) is 0 Å². The van der Waals surface area contributed by atoms with E-state index in [9.17, 15) is 14.7 Å². The zero-order chi connectivity index (χ0) is 40.7. The molecule has 0 radical (unpaired) electrons. The number of unbranched alkanes of at least 4 members (excludes halogenated alkanes) is 16. The number of hydrogen-bond donors (Lipinski definition) is 1. The molecule has 318 valence electrons. The quantitative estimate of drug-likeness (QED) is 0.0381. The first-order chi connectivity index (χ1) is 27.6. The van der Waals surface area contributed by atoms with Gasteiger partial charge in [0, 0.05) is 12.8 Å². The first-order valence-electron chi connectivity index (χ1n) is 22.8. The predicted molar refractivity (Wildman–Crippen MR) is 242 cm³/mol. The molecule has 0 heterocycles. The van der Waals surface area contributed by atoms with Crippen LogP contribution in [0, 0.1) is 0 Å². The third kappa shape index (κ3) is 43.5. The summed E-state index contributed by atoms with van der Waals surface area (Å²) in [7, 11) is 0. The molecule has 0 aromatic carbocycles. The van der Waals surface area contributed by atoms with E-state index in [1.54, 1.807) is 0 Å². The maximum Gasteiger partial charge on any atom is 0.306 e. The van der Waals surface area contributed by atoms with Crippen molar-refractivity contribution >= 4 is 11.9 Å². The second-order valence-corrected chi connectivity index (χ2v) is 14.7. The minimum absolute atomic E-state index is 0.123. The maximum absolute atomic E-state index is 12.2. The average Bonchev–Trinajstić information content (AvgIpc) is 3.20. The van der Waals surface area contributed by atoms with Crippen molar-refractivity contribution in [2.45, 2.75) is 200 Å². The van der Waals surface area contributed by atoms with Gasteiger partial charge < -0.3 is 14.6 Å². The highest BCUT2D eigenvalue weighted by Gasteiger charge is 2.15. The number of carbonyl (C=O) groups is 2. The summed E-state index contributed by atoms with van der Waals surface area (Å²) in [5.41, 5.74) is 0. The van der Waals surface area contributed by atoms with Crippen molar-refractivity contribution < 1.29 is 24.2 Å². The van der Waals surface area contributed by atoms with Crippen molar-refractivity contribution in [2.24, 2.45) is 0 Å². The van der Waals surface area contributed by atoms with Gasteiger partial charge in [0.1, 0.15) is 6.61 Å². The van der Waals surface area contributed by atoms with Crippen LogP contribution in [-0.4, -0.2) is 36.4 Å². The molecule has 0 saturated carbocycles. The molecule has 0 bridgehead atoms. The lowest BCUT2D eigenvalue weighted by Crippen LogP contribution is -2.28. The van der Waals surface area contributed by atoms with Crippen molar-refractivity contribution in [3.8, 4) is 0 Å². The molecule has 0 fully saturated rings. The van der Waals surface area contributed by atoms with Crippen molar-refractivity contribution in [3.05, 3.63) is 97.2 Å². The number of aliphatic hydroxyl groups excluding tert-OH is 1. The van der Waals surface area contributed by atoms with E-state index < -0.39 is 12.1 Å². The number of ether oxygens (including phenoxy) is 2. The first kappa shape index (κ1) is 52.8. The van der Waals surface area contributed by atoms with E-state index in [0.717, 1.165) is 57.8 Å². The van der Waals surface area contributed by atoms with Crippen LogP contribution in [0.1, 0.15) is 194 Å². The van der Waals surface area contributed by atoms with Crippen LogP contribution in [0.5, 0.6) is 0 Å². The van der Waals surface area contributed by atoms with Crippen LogP contribution >= 0.6 is 0 Å². The Balaban J connectivity index is 3.70. The van der Waals surface area contributed by atoms with E-state index in [2.05, 4.69) is 98.9 Å². The number of hydrogen-bond acceptors (Lipinski definition) is 5. The van der Waals surface area contributed by atoms with E-state index in [1.165, 1.54) is 96.3 Å². The molecule has 56 heavy (non-hydrogen) atoms. The van der Waals surface area contributed by atoms with Crippen LogP contribution in [-0.2, 0) is 19.1 Å². The Bertz CT molecular complexity index is 1110. The van der Waals surface area contributed by atoms with Gasteiger partial charge >= 0.3 is 11.9 Å². The molecule has 0 aliphatic heterocycles. The lowest BCUT2D eigenvalue weighted by Gasteiger charge is -2.15. The molecule has 5 heteroatoms. The van der Waals surface area contributed by atoms with Crippen LogP contribution in [0.25, 0.3) is 0 Å². The number of carbonyl (C=O) groups excluding carboxylic acids is 2. The molecule has 0 aromatic heterocycles. The van der Waals surface area contributed by atoms with E-state index >= 15 is 0 Å². The maximum atomic E-state index is 12.2. The zero-order valence-electron chi connectivity index (χ0n) is 36.1. The summed E-state index contributed by atoms with van der Waals surface area (Å²) in [6, 6.07) is 0. The van der Waals surface area contributed by atoms with Crippen LogP contribution in [0.15, 0.2) is 97.2 Å². The van der Waals surface area contributed by atoms with Gasteiger partial charge in [-0.1, -0.05) is 195 Å². The highest BCUT2D eigenvalue weighted by Crippen LogP contribution is 2.14. The molecule has 0 rings (SSSR count). The smallest absolute Gasteiger partial charge is 0.306 e. The third-order valence-corrected chi connectivity index (χ3v) is 9.35. The second kappa shape index (κ2) is 46.2. The Kier molecular flexibility index (Phi) is 43.6. The van der Waals surface area contributed by atoms with Gasteiger partial charge in [-0.15, -0.1) is 0 Å². The van der Waals surface area contributed by atoms with Crippen LogP contribution in [0.3, 0.4) is 0 Å². The van der Waals surface area contributed by atoms with Crippen LogP contribution < -0.4 is 0 Å². The molecule has 1 atom stereocenters. The van der Waals surface area contributed by atoms with Crippen molar-refractivity contribution in [2.75, 3.05) is 13.2 Å². The molecule has 0 unspecified atom stereocenters. The summed E-state index contributed by atoms with van der Waals surface area (Å²) in [5, 5.41) is 9.57. The van der Waals surface area contributed by atoms with Gasteiger partial charge in [-0.3, -0.25) is 9.59 Å². The number of aliphatic hydroxyl groups is 1. The molecule has 0 amide bonds. The molecule has 5 nitrogen and oxygen atoms in total. The summed E-state index contributed by atoms with van der Waals surface area (Å²) >= 11 is 0. The van der Waals surface area contributed by atoms with Gasteiger partial charge in [0.05, 0.1) is 6.61 Å². The molecule has 0 spiro atoms. The number of allylic oxidation sites excluding steroid dienone is 16. The van der Waals surface area contributed by atoms with E-state index in [1.807, 2.05) is 12.2 Å². The van der Waals surface area contributed by atoms with Crippen molar-refractivity contribution in [1.29, 1.82) is 0 Å². The zero-order valence-corrected chi connectivity index (χ0v) is 36.1. The molecule has 0 aliphatic carbocycles. The fourth-order valence-corrected chi connectivity index (χ4v) is 5.95. The Labute approximate surface area is 345 Å². The fraction of sp³-hybridized carbons (Fsp3) is 0.647. The predicted octanol–water partition coefficient (Wildman–Crippen LogP) is 14.8. The van der Waals surface area contributed by atoms with E-state index in [-0.39, 0.29) is 25.6 Å². The summed E-state index contributed by atoms with van der Waals surface area (Å²) in [4.78, 5) is 24.3.